The molecule has 0 aromatic rings. The van der Waals surface area contributed by atoms with E-state index in [-0.39, 0.29) is 17.4 Å². The molecule has 0 amide bonds. The van der Waals surface area contributed by atoms with Crippen LogP contribution >= 0.6 is 0 Å². The Morgan fingerprint density at radius 3 is 0.667 bits per heavy atom. The number of nitrogens with two attached hydrogens (primary N) is 4. The van der Waals surface area contributed by atoms with Gasteiger partial charge in [-0.25, -0.2) is 0 Å². The zero-order chi connectivity index (χ0) is 20.0. The van der Waals surface area contributed by atoms with Gasteiger partial charge >= 0.3 is 0 Å². The second kappa shape index (κ2) is 33.1. The van der Waals surface area contributed by atoms with Crippen LogP contribution in [-0.4, -0.2) is 52.5 Å². The molecule has 152 valence electrons. The zero-order valence-corrected chi connectivity index (χ0v) is 16.0. The van der Waals surface area contributed by atoms with Gasteiger partial charge in [-0.05, 0) is 17.8 Å². The predicted octanol–water partition coefficient (Wildman–Crippen LogP) is -1.24. The van der Waals surface area contributed by atoms with Crippen LogP contribution in [0.5, 0.6) is 0 Å². The van der Waals surface area contributed by atoms with E-state index in [1.165, 1.54) is 0 Å². The van der Waals surface area contributed by atoms with Gasteiger partial charge in [-0.15, -0.1) is 0 Å². The van der Waals surface area contributed by atoms with Gasteiger partial charge in [0.2, 0.25) is 0 Å². The summed E-state index contributed by atoms with van der Waals surface area (Å²) in [4.78, 5) is 0. The first-order chi connectivity index (χ1) is 10.3. The van der Waals surface area contributed by atoms with Crippen LogP contribution in [0.3, 0.4) is 0 Å². The molecule has 15 N–H and O–H groups in total. The molecular formula is C14H42N6O4. The fourth-order valence-corrected chi connectivity index (χ4v) is 0. The third-order valence-corrected chi connectivity index (χ3v) is 1.10. The largest absolute Gasteiger partial charge is 0.412 e. The highest BCUT2D eigenvalue weighted by molar-refractivity contribution is 5.72. The summed E-state index contributed by atoms with van der Waals surface area (Å²) in [5.41, 5.74) is 17.9. The van der Waals surface area contributed by atoms with Gasteiger partial charge in [-0.1, -0.05) is 41.5 Å². The van der Waals surface area contributed by atoms with Crippen molar-refractivity contribution in [3.8, 4) is 0 Å². The summed E-state index contributed by atoms with van der Waals surface area (Å²) in [5, 5.41) is 36.5. The Hall–Kier alpha value is -1.62. The number of nitrogens with one attached hydrogen (secondary N) is 2. The highest BCUT2D eigenvalue weighted by Gasteiger charge is 1.82. The van der Waals surface area contributed by atoms with Gasteiger partial charge in [0.25, 0.3) is 0 Å². The van der Waals surface area contributed by atoms with Crippen LogP contribution in [0.2, 0.25) is 0 Å². The number of guanidine groups is 2. The molecule has 0 unspecified atom stereocenters. The fraction of sp³-hybridized carbons (Fsp3) is 0.857. The standard InChI is InChI=1S/3C4H10O.2CH5N3.H2O/c3*1-4(2)3-5;2*2-1(3)4;/h3*4-5H,3H2,1-2H3;2*(H5,2,3,4);1H2. The van der Waals surface area contributed by atoms with Crippen LogP contribution in [-0.2, 0) is 0 Å². The van der Waals surface area contributed by atoms with Crippen molar-refractivity contribution >= 4 is 11.9 Å². The fourth-order valence-electron chi connectivity index (χ4n) is 0. The molecule has 0 aliphatic heterocycles. The third-order valence-electron chi connectivity index (χ3n) is 1.10. The average Bonchev–Trinajstić information content (AvgIpc) is 2.38. The molecule has 0 atom stereocenters. The quantitative estimate of drug-likeness (QED) is 0.219. The number of hydrogen-bond acceptors (Lipinski definition) is 5. The van der Waals surface area contributed by atoms with Gasteiger partial charge in [0.05, 0.1) is 0 Å². The Balaban J connectivity index is -0.0000000419. The van der Waals surface area contributed by atoms with Crippen molar-refractivity contribution in [2.75, 3.05) is 19.8 Å². The first-order valence-electron chi connectivity index (χ1n) is 7.29. The number of rotatable bonds is 3. The van der Waals surface area contributed by atoms with Crippen LogP contribution in [0.25, 0.3) is 0 Å². The van der Waals surface area contributed by atoms with E-state index in [0.29, 0.717) is 37.6 Å². The van der Waals surface area contributed by atoms with Gasteiger partial charge in [0.15, 0.2) is 11.9 Å². The van der Waals surface area contributed by atoms with E-state index < -0.39 is 0 Å². The predicted molar refractivity (Wildman–Crippen MR) is 102 cm³/mol. The molecule has 0 spiro atoms. The van der Waals surface area contributed by atoms with Crippen LogP contribution < -0.4 is 22.9 Å². The molecule has 0 saturated heterocycles. The van der Waals surface area contributed by atoms with Gasteiger partial charge in [0.1, 0.15) is 0 Å². The summed E-state index contributed by atoms with van der Waals surface area (Å²) >= 11 is 0. The second-order valence-corrected chi connectivity index (χ2v) is 5.64. The molecule has 0 fully saturated rings. The van der Waals surface area contributed by atoms with E-state index >= 15 is 0 Å². The van der Waals surface area contributed by atoms with Crippen LogP contribution in [0.15, 0.2) is 0 Å². The van der Waals surface area contributed by atoms with Crippen LogP contribution in [0, 0.1) is 28.6 Å². The molecule has 0 aliphatic carbocycles. The maximum Gasteiger partial charge on any atom is 0.183 e. The van der Waals surface area contributed by atoms with Crippen LogP contribution in [0.4, 0.5) is 0 Å². The lowest BCUT2D eigenvalue weighted by Gasteiger charge is -1.90. The van der Waals surface area contributed by atoms with E-state index in [2.05, 4.69) is 22.9 Å². The van der Waals surface area contributed by atoms with E-state index in [9.17, 15) is 0 Å². The van der Waals surface area contributed by atoms with E-state index in [1.54, 1.807) is 0 Å². The summed E-state index contributed by atoms with van der Waals surface area (Å²) in [6.45, 7) is 12.7. The molecule has 0 saturated carbocycles. The van der Waals surface area contributed by atoms with Crippen molar-refractivity contribution in [1.82, 2.24) is 0 Å². The smallest absolute Gasteiger partial charge is 0.183 e. The van der Waals surface area contributed by atoms with Gasteiger partial charge < -0.3 is 43.7 Å². The van der Waals surface area contributed by atoms with Gasteiger partial charge in [0, 0.05) is 19.8 Å². The van der Waals surface area contributed by atoms with Crippen molar-refractivity contribution < 1.29 is 20.8 Å². The number of hydrogen-bond donors (Lipinski definition) is 9. The Morgan fingerprint density at radius 2 is 0.667 bits per heavy atom. The van der Waals surface area contributed by atoms with E-state index in [1.807, 2.05) is 41.5 Å². The lowest BCUT2D eigenvalue weighted by molar-refractivity contribution is 0.248. The van der Waals surface area contributed by atoms with Crippen molar-refractivity contribution in [2.45, 2.75) is 41.5 Å². The summed E-state index contributed by atoms with van der Waals surface area (Å²) in [5.74, 6) is 0.653. The molecule has 0 bridgehead atoms. The molecule has 10 nitrogen and oxygen atoms in total. The Kier molecular flexibility index (Phi) is 52.6. The lowest BCUT2D eigenvalue weighted by Crippen LogP contribution is -2.20. The van der Waals surface area contributed by atoms with Crippen molar-refractivity contribution in [2.24, 2.45) is 40.7 Å². The molecule has 0 radical (unpaired) electrons. The summed E-state index contributed by atoms with van der Waals surface area (Å²) < 4.78 is 0. The maximum atomic E-state index is 8.14. The maximum absolute atomic E-state index is 8.14. The molecule has 0 aromatic carbocycles. The van der Waals surface area contributed by atoms with E-state index in [4.69, 9.17) is 26.1 Å². The molecule has 24 heavy (non-hydrogen) atoms. The summed E-state index contributed by atoms with van der Waals surface area (Å²) in [7, 11) is 0. The summed E-state index contributed by atoms with van der Waals surface area (Å²) in [6, 6.07) is 0. The second-order valence-electron chi connectivity index (χ2n) is 5.64. The molecule has 0 aliphatic rings. The normalized spacial score (nSPS) is 8.00. The molecule has 0 aromatic heterocycles. The monoisotopic (exact) mass is 358 g/mol. The zero-order valence-electron chi connectivity index (χ0n) is 16.0. The molecule has 10 heteroatoms. The molecule has 0 rings (SSSR count). The highest BCUT2D eigenvalue weighted by Crippen LogP contribution is 1.84. The Labute approximate surface area is 146 Å². The van der Waals surface area contributed by atoms with Crippen molar-refractivity contribution in [1.29, 1.82) is 10.8 Å². The Bertz CT molecular complexity index is 200. The lowest BCUT2D eigenvalue weighted by atomic mass is 10.2. The molecule has 0 heterocycles. The minimum Gasteiger partial charge on any atom is -0.412 e. The SMILES string of the molecule is CC(C)CO.CC(C)CO.CC(C)CO.N=C(N)N.N=C(N)N.O. The first-order valence-corrected chi connectivity index (χ1v) is 7.29. The van der Waals surface area contributed by atoms with Crippen LogP contribution in [0.1, 0.15) is 41.5 Å². The van der Waals surface area contributed by atoms with E-state index in [0.717, 1.165) is 0 Å². The Morgan fingerprint density at radius 1 is 0.625 bits per heavy atom. The van der Waals surface area contributed by atoms with Crippen molar-refractivity contribution in [3.05, 3.63) is 0 Å². The minimum atomic E-state index is -0.333. The topological polar surface area (TPSA) is 244 Å². The average molecular weight is 359 g/mol. The summed E-state index contributed by atoms with van der Waals surface area (Å²) in [6.07, 6.45) is 0. The minimum absolute atomic E-state index is 0. The highest BCUT2D eigenvalue weighted by atomic mass is 16.3. The third kappa shape index (κ3) is 399. The first kappa shape index (κ1) is 38.1. The van der Waals surface area contributed by atoms with Crippen molar-refractivity contribution in [3.63, 3.8) is 0 Å². The molecular weight excluding hydrogens is 316 g/mol. The number of aliphatic hydroxyl groups excluding tert-OH is 3. The number of aliphatic hydroxyl groups is 3. The van der Waals surface area contributed by atoms with Gasteiger partial charge in [-0.2, -0.15) is 0 Å². The van der Waals surface area contributed by atoms with Gasteiger partial charge in [-0.3, -0.25) is 10.8 Å².